The molecule has 0 radical (unpaired) electrons. The molecule has 0 spiro atoms. The molecular formula is C49H55N5O6. The minimum absolute atomic E-state index is 0.0310. The second-order valence-corrected chi connectivity index (χ2v) is 17.2. The Hall–Kier alpha value is -6.07. The number of carbonyl (C=O) groups is 5. The van der Waals surface area contributed by atoms with E-state index in [1.54, 1.807) is 30.6 Å². The number of nitrogens with zero attached hydrogens (tertiary/aromatic N) is 3. The van der Waals surface area contributed by atoms with Crippen molar-refractivity contribution in [2.24, 2.45) is 0 Å². The number of likely N-dealkylation sites (tertiary alicyclic amines) is 2. The molecule has 4 atom stereocenters. The number of anilines is 1. The number of nitrogens with one attached hydrogen (secondary N) is 2. The number of benzene rings is 4. The second-order valence-electron chi connectivity index (χ2n) is 17.2. The van der Waals surface area contributed by atoms with Gasteiger partial charge in [0.05, 0.1) is 18.4 Å². The number of hydrogen-bond donors (Lipinski definition) is 2. The van der Waals surface area contributed by atoms with Gasteiger partial charge in [-0.2, -0.15) is 0 Å². The van der Waals surface area contributed by atoms with Crippen molar-refractivity contribution in [3.05, 3.63) is 126 Å². The predicted molar refractivity (Wildman–Crippen MR) is 233 cm³/mol. The fraction of sp³-hybridized carbons (Fsp3) is 0.367. The number of Topliss-reactive ketones (excluding diaryl/α,β-unsaturated/α-hetero) is 1. The molecule has 312 valence electrons. The summed E-state index contributed by atoms with van der Waals surface area (Å²) >= 11 is 0. The van der Waals surface area contributed by atoms with Crippen LogP contribution in [0.2, 0.25) is 0 Å². The molecule has 2 fully saturated rings. The van der Waals surface area contributed by atoms with Crippen LogP contribution in [0.5, 0.6) is 0 Å². The quantitative estimate of drug-likeness (QED) is 0.117. The molecule has 2 aliphatic rings. The number of likely N-dealkylation sites (N-methyl/N-ethyl adjacent to an activating group) is 1. The first-order valence-electron chi connectivity index (χ1n) is 20.9. The van der Waals surface area contributed by atoms with Crippen LogP contribution in [0, 0.1) is 0 Å². The van der Waals surface area contributed by atoms with Crippen LogP contribution in [-0.4, -0.2) is 94.0 Å². The van der Waals surface area contributed by atoms with Crippen LogP contribution in [0.3, 0.4) is 0 Å². The molecule has 11 heteroatoms. The minimum atomic E-state index is -0.746. The Kier molecular flexibility index (Phi) is 12.7. The fourth-order valence-electron chi connectivity index (χ4n) is 8.63. The molecule has 2 N–H and O–H groups in total. The third kappa shape index (κ3) is 9.69. The molecule has 0 saturated carbocycles. The number of hydrogen-bond acceptors (Lipinski definition) is 7. The van der Waals surface area contributed by atoms with Gasteiger partial charge in [0.1, 0.15) is 17.7 Å². The average Bonchev–Trinajstić information content (AvgIpc) is 4.01. The van der Waals surface area contributed by atoms with Gasteiger partial charge in [-0.3, -0.25) is 28.9 Å². The summed E-state index contributed by atoms with van der Waals surface area (Å²) in [5, 5.41) is 3.99. The van der Waals surface area contributed by atoms with E-state index in [0.717, 1.165) is 45.3 Å². The fourth-order valence-corrected chi connectivity index (χ4v) is 8.63. The van der Waals surface area contributed by atoms with Crippen molar-refractivity contribution in [1.82, 2.24) is 19.7 Å². The lowest BCUT2D eigenvalue weighted by molar-refractivity contribution is -0.157. The number of ketones is 1. The predicted octanol–water partition coefficient (Wildman–Crippen LogP) is 7.69. The van der Waals surface area contributed by atoms with Gasteiger partial charge in [0.2, 0.25) is 17.7 Å². The SMILES string of the molecule is CN(C)[C@@H](C(=O)N1CCC[C@H]1C(=O)Nc1ccc(-c2cc3cc(CC(=O)[C@@H]4CCCN4C(=O)[C@H](CC(=O)OC(C)(C)C)c4ccccc4)ccc3[nH]2)cc1)c1ccccc1. The first kappa shape index (κ1) is 42.1. The number of esters is 1. The van der Waals surface area contributed by atoms with E-state index >= 15 is 0 Å². The van der Waals surface area contributed by atoms with Crippen molar-refractivity contribution in [2.75, 3.05) is 32.5 Å². The van der Waals surface area contributed by atoms with E-state index < -0.39 is 35.6 Å². The number of rotatable bonds is 13. The molecule has 2 saturated heterocycles. The molecule has 2 aliphatic heterocycles. The van der Waals surface area contributed by atoms with Gasteiger partial charge in [-0.15, -0.1) is 0 Å². The van der Waals surface area contributed by atoms with Crippen molar-refractivity contribution in [3.63, 3.8) is 0 Å². The highest BCUT2D eigenvalue weighted by Gasteiger charge is 2.40. The molecule has 3 heterocycles. The molecule has 3 amide bonds. The summed E-state index contributed by atoms with van der Waals surface area (Å²) in [6, 6.07) is 32.9. The van der Waals surface area contributed by atoms with E-state index in [1.807, 2.05) is 128 Å². The number of ether oxygens (including phenoxy) is 1. The molecule has 60 heavy (non-hydrogen) atoms. The van der Waals surface area contributed by atoms with Gasteiger partial charge < -0.3 is 24.8 Å². The van der Waals surface area contributed by atoms with Crippen molar-refractivity contribution >= 4 is 46.1 Å². The highest BCUT2D eigenvalue weighted by molar-refractivity contribution is 5.99. The van der Waals surface area contributed by atoms with Gasteiger partial charge in [-0.05, 0) is 113 Å². The molecule has 11 nitrogen and oxygen atoms in total. The van der Waals surface area contributed by atoms with Gasteiger partial charge in [0.15, 0.2) is 5.78 Å². The summed E-state index contributed by atoms with van der Waals surface area (Å²) < 4.78 is 5.58. The number of carbonyl (C=O) groups excluding carboxylic acids is 5. The minimum Gasteiger partial charge on any atom is -0.460 e. The number of fused-ring (bicyclic) bond motifs is 1. The van der Waals surface area contributed by atoms with Crippen LogP contribution < -0.4 is 5.32 Å². The lowest BCUT2D eigenvalue weighted by Crippen LogP contribution is -2.47. The number of aromatic amines is 1. The van der Waals surface area contributed by atoms with E-state index in [0.29, 0.717) is 38.0 Å². The summed E-state index contributed by atoms with van der Waals surface area (Å²) in [5.41, 5.74) is 5.17. The Balaban J connectivity index is 0.991. The maximum atomic E-state index is 14.1. The van der Waals surface area contributed by atoms with Gasteiger partial charge >= 0.3 is 5.97 Å². The van der Waals surface area contributed by atoms with Crippen LogP contribution in [0.1, 0.15) is 81.5 Å². The highest BCUT2D eigenvalue weighted by Crippen LogP contribution is 2.32. The Morgan fingerprint density at radius 1 is 0.767 bits per heavy atom. The summed E-state index contributed by atoms with van der Waals surface area (Å²) in [6.07, 6.45) is 2.73. The van der Waals surface area contributed by atoms with Crippen molar-refractivity contribution < 1.29 is 28.7 Å². The topological polar surface area (TPSA) is 132 Å². The molecular weight excluding hydrogens is 755 g/mol. The molecule has 0 aliphatic carbocycles. The zero-order chi connectivity index (χ0) is 42.6. The Morgan fingerprint density at radius 2 is 1.38 bits per heavy atom. The maximum absolute atomic E-state index is 14.1. The second kappa shape index (κ2) is 18.0. The smallest absolute Gasteiger partial charge is 0.307 e. The Labute approximate surface area is 352 Å². The Morgan fingerprint density at radius 3 is 2.02 bits per heavy atom. The number of H-pyrrole nitrogens is 1. The van der Waals surface area contributed by atoms with E-state index in [4.69, 9.17) is 4.74 Å². The van der Waals surface area contributed by atoms with Crippen LogP contribution in [0.4, 0.5) is 5.69 Å². The third-order valence-corrected chi connectivity index (χ3v) is 11.4. The van der Waals surface area contributed by atoms with E-state index in [-0.39, 0.29) is 36.3 Å². The summed E-state index contributed by atoms with van der Waals surface area (Å²) in [4.78, 5) is 77.0. The highest BCUT2D eigenvalue weighted by atomic mass is 16.6. The normalized spacial score (nSPS) is 17.8. The standard InChI is InChI=1S/C49H55N5O6/c1-49(2,3)60-44(56)31-38(33-14-8-6-9-15-33)47(58)53-26-12-18-41(53)43(55)29-32-20-25-39-36(28-32)30-40(51-39)34-21-23-37(24-22-34)50-46(57)42-19-13-27-54(42)48(59)45(52(4)5)35-16-10-7-11-17-35/h6-11,14-17,20-25,28,30,38,41-42,45,51H,12-13,18-19,26-27,29,31H2,1-5H3,(H,50,57)/t38-,41+,42+,45-/m1/s1. The first-order chi connectivity index (χ1) is 28.8. The van der Waals surface area contributed by atoms with Crippen molar-refractivity contribution in [3.8, 4) is 11.3 Å². The molecule has 0 bridgehead atoms. The summed E-state index contributed by atoms with van der Waals surface area (Å²) in [7, 11) is 3.76. The van der Waals surface area contributed by atoms with E-state index in [2.05, 4.69) is 10.3 Å². The Bertz CT molecular complexity index is 2330. The summed E-state index contributed by atoms with van der Waals surface area (Å²) in [5.74, 6) is -1.74. The van der Waals surface area contributed by atoms with Gasteiger partial charge in [0, 0.05) is 41.8 Å². The maximum Gasteiger partial charge on any atom is 0.307 e. The van der Waals surface area contributed by atoms with Gasteiger partial charge in [0.25, 0.3) is 0 Å². The molecule has 4 aromatic carbocycles. The largest absolute Gasteiger partial charge is 0.460 e. The van der Waals surface area contributed by atoms with E-state index in [1.165, 1.54) is 0 Å². The van der Waals surface area contributed by atoms with Crippen LogP contribution in [-0.2, 0) is 35.1 Å². The van der Waals surface area contributed by atoms with Crippen molar-refractivity contribution in [1.29, 1.82) is 0 Å². The van der Waals surface area contributed by atoms with E-state index in [9.17, 15) is 24.0 Å². The number of amides is 3. The first-order valence-corrected chi connectivity index (χ1v) is 20.9. The third-order valence-electron chi connectivity index (χ3n) is 11.4. The van der Waals surface area contributed by atoms with Gasteiger partial charge in [-0.1, -0.05) is 78.9 Å². The van der Waals surface area contributed by atoms with Gasteiger partial charge in [-0.25, -0.2) is 0 Å². The lowest BCUT2D eigenvalue weighted by atomic mass is 9.93. The molecule has 5 aromatic rings. The summed E-state index contributed by atoms with van der Waals surface area (Å²) in [6.45, 7) is 6.40. The van der Waals surface area contributed by atoms with Crippen LogP contribution in [0.15, 0.2) is 109 Å². The molecule has 0 unspecified atom stereocenters. The zero-order valence-electron chi connectivity index (χ0n) is 35.1. The molecule has 1 aromatic heterocycles. The van der Waals surface area contributed by atoms with Crippen molar-refractivity contribution in [2.45, 2.75) is 88.9 Å². The lowest BCUT2D eigenvalue weighted by Gasteiger charge is -2.31. The average molecular weight is 810 g/mol. The monoisotopic (exact) mass is 809 g/mol. The molecule has 7 rings (SSSR count). The number of aromatic nitrogens is 1. The van der Waals surface area contributed by atoms with Crippen LogP contribution in [0.25, 0.3) is 22.2 Å². The zero-order valence-corrected chi connectivity index (χ0v) is 35.1. The van der Waals surface area contributed by atoms with Crippen LogP contribution >= 0.6 is 0 Å².